The van der Waals surface area contributed by atoms with Crippen LogP contribution in [0.3, 0.4) is 0 Å². The fourth-order valence-corrected chi connectivity index (χ4v) is 4.44. The maximum Gasteiger partial charge on any atom is 0.168 e. The van der Waals surface area contributed by atoms with Crippen molar-refractivity contribution in [1.29, 1.82) is 0 Å². The summed E-state index contributed by atoms with van der Waals surface area (Å²) in [7, 11) is 1.69. The van der Waals surface area contributed by atoms with Gasteiger partial charge >= 0.3 is 0 Å². The molecular formula is C22H23N5O. The van der Waals surface area contributed by atoms with Crippen molar-refractivity contribution in [3.8, 4) is 16.9 Å². The largest absolute Gasteiger partial charge is 0.497 e. The number of benzene rings is 2. The molecule has 3 aromatic rings. The number of hydrogen-bond donors (Lipinski definition) is 2. The van der Waals surface area contributed by atoms with Crippen molar-refractivity contribution in [2.45, 2.75) is 37.8 Å². The molecule has 0 spiro atoms. The van der Waals surface area contributed by atoms with Gasteiger partial charge in [-0.1, -0.05) is 48.4 Å². The van der Waals surface area contributed by atoms with Gasteiger partial charge in [0, 0.05) is 22.9 Å². The van der Waals surface area contributed by atoms with Crippen molar-refractivity contribution >= 4 is 10.9 Å². The molecule has 0 bridgehead atoms. The Hall–Kier alpha value is -2.99. The summed E-state index contributed by atoms with van der Waals surface area (Å²) in [5.74, 6) is 1.27. The predicted molar refractivity (Wildman–Crippen MR) is 109 cm³/mol. The minimum atomic E-state index is -0.246. The van der Waals surface area contributed by atoms with E-state index < -0.39 is 0 Å². The van der Waals surface area contributed by atoms with Crippen LogP contribution in [0.4, 0.5) is 0 Å². The smallest absolute Gasteiger partial charge is 0.168 e. The van der Waals surface area contributed by atoms with Gasteiger partial charge in [0.05, 0.1) is 18.3 Å². The molecule has 1 saturated carbocycles. The molecule has 2 aliphatic rings. The van der Waals surface area contributed by atoms with E-state index in [0.29, 0.717) is 5.92 Å². The molecule has 0 amide bonds. The molecule has 2 aromatic carbocycles. The molecule has 0 saturated heterocycles. The van der Waals surface area contributed by atoms with Crippen LogP contribution in [0.15, 0.2) is 58.9 Å². The highest BCUT2D eigenvalue weighted by Gasteiger charge is 2.30. The standard InChI is InChI=1S/C22H23N5O/c1-28-16-11-12-17-18(13-16)23-21(15-9-5-6-10-15)20(22-24-26-27-25-22)19(17)14-7-3-2-4-8-14/h2-4,7-8,11-13,15,22H,5-6,9-10H2,1H3,(H,24,27)(H,25,26). The van der Waals surface area contributed by atoms with Gasteiger partial charge in [-0.2, -0.15) is 5.43 Å². The highest BCUT2D eigenvalue weighted by atomic mass is 16.5. The van der Waals surface area contributed by atoms with Crippen molar-refractivity contribution in [3.63, 3.8) is 0 Å². The maximum atomic E-state index is 5.47. The van der Waals surface area contributed by atoms with Gasteiger partial charge in [-0.25, -0.2) is 5.53 Å². The normalized spacial score (nSPS) is 19.2. The Bertz CT molecular complexity index is 1030. The number of nitrogens with one attached hydrogen (secondary N) is 2. The van der Waals surface area contributed by atoms with Gasteiger partial charge in [0.1, 0.15) is 5.75 Å². The third-order valence-electron chi connectivity index (χ3n) is 5.76. The first-order chi connectivity index (χ1) is 13.8. The van der Waals surface area contributed by atoms with Gasteiger partial charge in [-0.3, -0.25) is 4.98 Å². The molecule has 1 atom stereocenters. The van der Waals surface area contributed by atoms with Gasteiger partial charge in [0.25, 0.3) is 0 Å². The first kappa shape index (κ1) is 17.1. The van der Waals surface area contributed by atoms with Gasteiger partial charge < -0.3 is 4.74 Å². The number of nitrogens with zero attached hydrogens (tertiary/aromatic N) is 3. The van der Waals surface area contributed by atoms with Crippen LogP contribution in [0.25, 0.3) is 22.0 Å². The van der Waals surface area contributed by atoms with Crippen LogP contribution in [0.5, 0.6) is 5.75 Å². The molecule has 2 heterocycles. The lowest BCUT2D eigenvalue weighted by molar-refractivity contribution is 0.415. The van der Waals surface area contributed by atoms with E-state index >= 15 is 0 Å². The summed E-state index contributed by atoms with van der Waals surface area (Å²) in [5, 5.41) is 9.47. The second kappa shape index (κ2) is 7.20. The molecule has 1 aliphatic heterocycles. The van der Waals surface area contributed by atoms with Crippen LogP contribution in [-0.2, 0) is 0 Å². The molecular weight excluding hydrogens is 350 g/mol. The van der Waals surface area contributed by atoms with Crippen molar-refractivity contribution in [1.82, 2.24) is 15.9 Å². The summed E-state index contributed by atoms with van der Waals surface area (Å²) in [6, 6.07) is 16.6. The first-order valence-corrected chi connectivity index (χ1v) is 9.82. The molecule has 6 heteroatoms. The fourth-order valence-electron chi connectivity index (χ4n) is 4.44. The lowest BCUT2D eigenvalue weighted by Crippen LogP contribution is -2.26. The average Bonchev–Trinajstić information content (AvgIpc) is 3.46. The number of methoxy groups -OCH3 is 1. The summed E-state index contributed by atoms with van der Waals surface area (Å²) >= 11 is 0. The molecule has 0 radical (unpaired) electrons. The van der Waals surface area contributed by atoms with Crippen molar-refractivity contribution in [3.05, 3.63) is 59.8 Å². The Morgan fingerprint density at radius 3 is 2.57 bits per heavy atom. The highest BCUT2D eigenvalue weighted by Crippen LogP contribution is 2.44. The van der Waals surface area contributed by atoms with Gasteiger partial charge in [-0.15, -0.1) is 5.11 Å². The van der Waals surface area contributed by atoms with E-state index in [9.17, 15) is 0 Å². The number of hydrogen-bond acceptors (Lipinski definition) is 6. The zero-order valence-electron chi connectivity index (χ0n) is 15.9. The van der Waals surface area contributed by atoms with Crippen LogP contribution in [0.2, 0.25) is 0 Å². The monoisotopic (exact) mass is 373 g/mol. The number of pyridine rings is 1. The summed E-state index contributed by atoms with van der Waals surface area (Å²) in [6.07, 6.45) is 4.59. The van der Waals surface area contributed by atoms with Gasteiger partial charge in [0.2, 0.25) is 0 Å². The first-order valence-electron chi connectivity index (χ1n) is 9.82. The second-order valence-corrected chi connectivity index (χ2v) is 7.39. The minimum Gasteiger partial charge on any atom is -0.497 e. The Labute approximate surface area is 164 Å². The lowest BCUT2D eigenvalue weighted by Gasteiger charge is -2.23. The van der Waals surface area contributed by atoms with E-state index in [-0.39, 0.29) is 6.17 Å². The summed E-state index contributed by atoms with van der Waals surface area (Å²) < 4.78 is 5.47. The molecule has 1 aromatic heterocycles. The molecule has 142 valence electrons. The van der Waals surface area contributed by atoms with Gasteiger partial charge in [0.15, 0.2) is 6.17 Å². The SMILES string of the molecule is COc1ccc2c(-c3ccccc3)c(C3N=NNN3)c(C3CCCC3)nc2c1. The van der Waals surface area contributed by atoms with Crippen molar-refractivity contribution < 1.29 is 4.74 Å². The number of aromatic nitrogens is 1. The molecule has 1 unspecified atom stereocenters. The molecule has 5 rings (SSSR count). The molecule has 28 heavy (non-hydrogen) atoms. The number of fused-ring (bicyclic) bond motifs is 1. The summed E-state index contributed by atoms with van der Waals surface area (Å²) in [5.41, 5.74) is 11.6. The Morgan fingerprint density at radius 1 is 1.04 bits per heavy atom. The van der Waals surface area contributed by atoms with Gasteiger partial charge in [-0.05, 0) is 36.1 Å². The third-order valence-corrected chi connectivity index (χ3v) is 5.76. The zero-order chi connectivity index (χ0) is 18.9. The minimum absolute atomic E-state index is 0.246. The van der Waals surface area contributed by atoms with E-state index in [1.54, 1.807) is 7.11 Å². The van der Waals surface area contributed by atoms with Crippen LogP contribution in [0.1, 0.15) is 49.0 Å². The number of hydrazine groups is 1. The highest BCUT2D eigenvalue weighted by molar-refractivity contribution is 5.97. The predicted octanol–water partition coefficient (Wildman–Crippen LogP) is 5.04. The molecule has 6 nitrogen and oxygen atoms in total. The quantitative estimate of drug-likeness (QED) is 0.672. The topological polar surface area (TPSA) is 70.9 Å². The summed E-state index contributed by atoms with van der Waals surface area (Å²) in [4.78, 5) is 5.15. The molecule has 1 aliphatic carbocycles. The Morgan fingerprint density at radius 2 is 1.86 bits per heavy atom. The molecule has 2 N–H and O–H groups in total. The van der Waals surface area contributed by atoms with E-state index in [2.05, 4.69) is 51.6 Å². The van der Waals surface area contributed by atoms with Crippen molar-refractivity contribution in [2.75, 3.05) is 7.11 Å². The van der Waals surface area contributed by atoms with Crippen LogP contribution < -0.4 is 15.7 Å². The van der Waals surface area contributed by atoms with E-state index in [4.69, 9.17) is 9.72 Å². The average molecular weight is 373 g/mol. The summed E-state index contributed by atoms with van der Waals surface area (Å²) in [6.45, 7) is 0. The van der Waals surface area contributed by atoms with Crippen LogP contribution >= 0.6 is 0 Å². The zero-order valence-corrected chi connectivity index (χ0v) is 15.9. The van der Waals surface area contributed by atoms with Crippen molar-refractivity contribution in [2.24, 2.45) is 10.3 Å². The molecule has 1 fully saturated rings. The Balaban J connectivity index is 1.85. The van der Waals surface area contributed by atoms with Crippen LogP contribution in [-0.4, -0.2) is 12.1 Å². The maximum absolute atomic E-state index is 5.47. The number of rotatable bonds is 4. The van der Waals surface area contributed by atoms with E-state index in [1.165, 1.54) is 36.8 Å². The Kier molecular flexibility index (Phi) is 4.41. The third kappa shape index (κ3) is 2.90. The number of ether oxygens (including phenoxy) is 1. The lowest BCUT2D eigenvalue weighted by atomic mass is 9.88. The van der Waals surface area contributed by atoms with E-state index in [0.717, 1.165) is 27.9 Å². The second-order valence-electron chi connectivity index (χ2n) is 7.39. The van der Waals surface area contributed by atoms with Crippen LogP contribution in [0, 0.1) is 0 Å². The fraction of sp³-hybridized carbons (Fsp3) is 0.318. The van der Waals surface area contributed by atoms with E-state index in [1.807, 2.05) is 18.2 Å².